The van der Waals surface area contributed by atoms with Crippen LogP contribution in [0.1, 0.15) is 15.9 Å². The Morgan fingerprint density at radius 1 is 1.50 bits per heavy atom. The van der Waals surface area contributed by atoms with Gasteiger partial charge in [0, 0.05) is 6.20 Å². The van der Waals surface area contributed by atoms with Gasteiger partial charge in [0.2, 0.25) is 0 Å². The zero-order chi connectivity index (χ0) is 11.5. The minimum atomic E-state index is -0.906. The van der Waals surface area contributed by atoms with Crippen molar-refractivity contribution in [3.05, 3.63) is 51.4 Å². The van der Waals surface area contributed by atoms with Crippen molar-refractivity contribution in [2.45, 2.75) is 6.54 Å². The molecule has 0 atom stereocenters. The van der Waals surface area contributed by atoms with E-state index in [1.807, 2.05) is 12.3 Å². The van der Waals surface area contributed by atoms with E-state index in [2.05, 4.69) is 27.7 Å². The van der Waals surface area contributed by atoms with Crippen molar-refractivity contribution in [3.63, 3.8) is 0 Å². The van der Waals surface area contributed by atoms with Gasteiger partial charge < -0.3 is 5.11 Å². The van der Waals surface area contributed by atoms with Crippen molar-refractivity contribution in [1.29, 1.82) is 0 Å². The highest BCUT2D eigenvalue weighted by molar-refractivity contribution is 14.1. The van der Waals surface area contributed by atoms with Crippen LogP contribution in [0.4, 0.5) is 0 Å². The minimum absolute atomic E-state index is 0.305. The van der Waals surface area contributed by atoms with Gasteiger partial charge in [-0.05, 0) is 40.3 Å². The van der Waals surface area contributed by atoms with Crippen molar-refractivity contribution in [2.75, 3.05) is 0 Å². The number of hydrogen-bond donors (Lipinski definition) is 1. The number of nitrogens with zero attached hydrogens (tertiary/aromatic N) is 2. The van der Waals surface area contributed by atoms with E-state index >= 15 is 0 Å². The number of carboxylic acids is 1. The fourth-order valence-electron chi connectivity index (χ4n) is 1.41. The topological polar surface area (TPSA) is 55.1 Å². The molecule has 0 saturated carbocycles. The maximum absolute atomic E-state index is 10.8. The number of rotatable bonds is 3. The summed E-state index contributed by atoms with van der Waals surface area (Å²) in [7, 11) is 0. The van der Waals surface area contributed by atoms with Crippen molar-refractivity contribution < 1.29 is 9.90 Å². The van der Waals surface area contributed by atoms with E-state index < -0.39 is 5.97 Å². The fraction of sp³-hybridized carbons (Fsp3) is 0.0909. The molecule has 0 fully saturated rings. The molecule has 82 valence electrons. The van der Waals surface area contributed by atoms with Crippen LogP contribution < -0.4 is 0 Å². The van der Waals surface area contributed by atoms with Crippen LogP contribution in [0.15, 0.2) is 36.7 Å². The molecule has 0 aliphatic carbocycles. The lowest BCUT2D eigenvalue weighted by Gasteiger charge is -2.02. The molecule has 0 saturated heterocycles. The molecule has 0 amide bonds. The molecule has 4 nitrogen and oxygen atoms in total. The molecule has 2 aromatic rings. The van der Waals surface area contributed by atoms with Gasteiger partial charge in [-0.2, -0.15) is 5.10 Å². The Morgan fingerprint density at radius 2 is 2.31 bits per heavy atom. The summed E-state index contributed by atoms with van der Waals surface area (Å²) < 4.78 is 2.84. The molecule has 5 heteroatoms. The van der Waals surface area contributed by atoms with Gasteiger partial charge in [-0.3, -0.25) is 4.68 Å². The highest BCUT2D eigenvalue weighted by Gasteiger charge is 2.03. The summed E-state index contributed by atoms with van der Waals surface area (Å²) >= 11 is 2.18. The minimum Gasteiger partial charge on any atom is -0.478 e. The Bertz CT molecular complexity index is 522. The molecule has 0 aliphatic heterocycles. The van der Waals surface area contributed by atoms with Crippen LogP contribution in [0.2, 0.25) is 0 Å². The lowest BCUT2D eigenvalue weighted by Crippen LogP contribution is -2.02. The van der Waals surface area contributed by atoms with Gasteiger partial charge >= 0.3 is 5.97 Å². The summed E-state index contributed by atoms with van der Waals surface area (Å²) in [6.07, 6.45) is 3.68. The van der Waals surface area contributed by atoms with Crippen LogP contribution in [-0.2, 0) is 6.54 Å². The number of carbonyl (C=O) groups is 1. The zero-order valence-electron chi connectivity index (χ0n) is 8.30. The maximum atomic E-state index is 10.8. The van der Waals surface area contributed by atoms with Gasteiger partial charge in [0.25, 0.3) is 0 Å². The summed E-state index contributed by atoms with van der Waals surface area (Å²) in [5.41, 5.74) is 1.23. The summed E-state index contributed by atoms with van der Waals surface area (Å²) in [6, 6.07) is 6.88. The first-order valence-corrected chi connectivity index (χ1v) is 5.73. The van der Waals surface area contributed by atoms with Gasteiger partial charge in [-0.1, -0.05) is 12.1 Å². The first-order valence-electron chi connectivity index (χ1n) is 4.65. The van der Waals surface area contributed by atoms with E-state index in [0.29, 0.717) is 12.1 Å². The third kappa shape index (κ3) is 2.60. The Morgan fingerprint density at radius 3 is 2.94 bits per heavy atom. The van der Waals surface area contributed by atoms with Gasteiger partial charge in [0.1, 0.15) is 0 Å². The first kappa shape index (κ1) is 11.1. The van der Waals surface area contributed by atoms with Gasteiger partial charge in [-0.25, -0.2) is 4.79 Å². The smallest absolute Gasteiger partial charge is 0.335 e. The SMILES string of the molecule is O=C(O)c1cccc(Cn2cc(I)cn2)c1. The van der Waals surface area contributed by atoms with E-state index in [4.69, 9.17) is 5.11 Å². The maximum Gasteiger partial charge on any atom is 0.335 e. The standard InChI is InChI=1S/C11H9IN2O2/c12-10-5-13-14(7-10)6-8-2-1-3-9(4-8)11(15)16/h1-5,7H,6H2,(H,15,16). The van der Waals surface area contributed by atoms with E-state index in [9.17, 15) is 4.79 Å². The van der Waals surface area contributed by atoms with E-state index in [1.54, 1.807) is 29.1 Å². The summed E-state index contributed by atoms with van der Waals surface area (Å²) in [4.78, 5) is 10.8. The molecular weight excluding hydrogens is 319 g/mol. The van der Waals surface area contributed by atoms with Crippen molar-refractivity contribution >= 4 is 28.6 Å². The second kappa shape index (κ2) is 4.65. The number of aromatic nitrogens is 2. The lowest BCUT2D eigenvalue weighted by atomic mass is 10.1. The summed E-state index contributed by atoms with van der Waals surface area (Å²) in [6.45, 7) is 0.587. The lowest BCUT2D eigenvalue weighted by molar-refractivity contribution is 0.0696. The molecule has 1 heterocycles. The van der Waals surface area contributed by atoms with Crippen molar-refractivity contribution in [1.82, 2.24) is 9.78 Å². The second-order valence-corrected chi connectivity index (χ2v) is 4.61. The number of aromatic carboxylic acids is 1. The van der Waals surface area contributed by atoms with Crippen LogP contribution in [0.25, 0.3) is 0 Å². The largest absolute Gasteiger partial charge is 0.478 e. The average Bonchev–Trinajstić information content (AvgIpc) is 2.64. The molecule has 0 spiro atoms. The average molecular weight is 328 g/mol. The highest BCUT2D eigenvalue weighted by atomic mass is 127. The molecule has 2 rings (SSSR count). The van der Waals surface area contributed by atoms with E-state index in [0.717, 1.165) is 9.13 Å². The monoisotopic (exact) mass is 328 g/mol. The molecular formula is C11H9IN2O2. The molecule has 0 bridgehead atoms. The van der Waals surface area contributed by atoms with Crippen LogP contribution in [-0.4, -0.2) is 20.9 Å². The van der Waals surface area contributed by atoms with Crippen LogP contribution in [0.5, 0.6) is 0 Å². The predicted molar refractivity (Wildman–Crippen MR) is 67.4 cm³/mol. The third-order valence-corrected chi connectivity index (χ3v) is 2.68. The number of hydrogen-bond acceptors (Lipinski definition) is 2. The Balaban J connectivity index is 2.21. The van der Waals surface area contributed by atoms with E-state index in [1.165, 1.54) is 0 Å². The van der Waals surface area contributed by atoms with Crippen LogP contribution in [0.3, 0.4) is 0 Å². The fourth-order valence-corrected chi connectivity index (χ4v) is 1.86. The molecule has 0 aliphatic rings. The molecule has 0 radical (unpaired) electrons. The van der Waals surface area contributed by atoms with Gasteiger partial charge in [0.15, 0.2) is 0 Å². The Kier molecular flexibility index (Phi) is 3.23. The summed E-state index contributed by atoms with van der Waals surface area (Å²) in [5, 5.41) is 13.0. The first-order chi connectivity index (χ1) is 7.65. The van der Waals surface area contributed by atoms with Crippen LogP contribution in [0, 0.1) is 3.57 Å². The Labute approximate surface area is 106 Å². The molecule has 1 aromatic heterocycles. The van der Waals surface area contributed by atoms with Crippen molar-refractivity contribution in [2.24, 2.45) is 0 Å². The molecule has 1 N–H and O–H groups in total. The van der Waals surface area contributed by atoms with Gasteiger partial charge in [0.05, 0.1) is 21.9 Å². The highest BCUT2D eigenvalue weighted by Crippen LogP contribution is 2.08. The second-order valence-electron chi connectivity index (χ2n) is 3.36. The number of halogens is 1. The molecule has 0 unspecified atom stereocenters. The van der Waals surface area contributed by atoms with E-state index in [-0.39, 0.29) is 0 Å². The molecule has 16 heavy (non-hydrogen) atoms. The van der Waals surface area contributed by atoms with Crippen LogP contribution >= 0.6 is 22.6 Å². The molecule has 1 aromatic carbocycles. The van der Waals surface area contributed by atoms with Crippen molar-refractivity contribution in [3.8, 4) is 0 Å². The predicted octanol–water partition coefficient (Wildman–Crippen LogP) is 2.23. The zero-order valence-corrected chi connectivity index (χ0v) is 10.5. The number of carboxylic acid groups (broad SMARTS) is 1. The normalized spacial score (nSPS) is 10.3. The third-order valence-electron chi connectivity index (χ3n) is 2.12. The summed E-state index contributed by atoms with van der Waals surface area (Å²) in [5.74, 6) is -0.906. The van der Waals surface area contributed by atoms with Gasteiger partial charge in [-0.15, -0.1) is 0 Å². The Hall–Kier alpha value is -1.37. The number of benzene rings is 1. The quantitative estimate of drug-likeness (QED) is 0.879.